The zero-order valence-electron chi connectivity index (χ0n) is 10.4. The van der Waals surface area contributed by atoms with Crippen LogP contribution in [0.1, 0.15) is 18.1 Å². The average Bonchev–Trinajstić information content (AvgIpc) is 2.25. The number of alkyl halides is 3. The topological polar surface area (TPSA) is 40.5 Å². The summed E-state index contributed by atoms with van der Waals surface area (Å²) in [5.74, 6) is -0.189. The third-order valence-corrected chi connectivity index (χ3v) is 3.05. The predicted molar refractivity (Wildman–Crippen MR) is 62.4 cm³/mol. The fourth-order valence-corrected chi connectivity index (χ4v) is 2.05. The van der Waals surface area contributed by atoms with Crippen LogP contribution >= 0.6 is 0 Å². The summed E-state index contributed by atoms with van der Waals surface area (Å²) in [6.07, 6.45) is -4.31. The summed E-state index contributed by atoms with van der Waals surface area (Å²) in [5, 5.41) is 9.51. The molecule has 1 saturated heterocycles. The van der Waals surface area contributed by atoms with Gasteiger partial charge in [0.15, 0.2) is 0 Å². The SMILES string of the molecule is CC1(O)CN(C(=O)Cc2ccc(C(F)(F)F)cc2)C1. The fourth-order valence-electron chi connectivity index (χ4n) is 2.05. The van der Waals surface area contributed by atoms with Gasteiger partial charge in [-0.05, 0) is 24.6 Å². The summed E-state index contributed by atoms with van der Waals surface area (Å²) in [6, 6.07) is 4.54. The first-order valence-electron chi connectivity index (χ1n) is 5.84. The zero-order chi connectivity index (χ0) is 14.3. The number of aliphatic hydroxyl groups is 1. The Bertz CT molecular complexity index is 472. The molecule has 1 amide bonds. The smallest absolute Gasteiger partial charge is 0.386 e. The van der Waals surface area contributed by atoms with E-state index < -0.39 is 17.3 Å². The van der Waals surface area contributed by atoms with Gasteiger partial charge in [0.05, 0.1) is 30.7 Å². The zero-order valence-corrected chi connectivity index (χ0v) is 10.4. The van der Waals surface area contributed by atoms with E-state index in [9.17, 15) is 23.1 Å². The Morgan fingerprint density at radius 2 is 1.84 bits per heavy atom. The minimum Gasteiger partial charge on any atom is -0.386 e. The van der Waals surface area contributed by atoms with Crippen LogP contribution in [-0.2, 0) is 17.4 Å². The summed E-state index contributed by atoms with van der Waals surface area (Å²) in [4.78, 5) is 13.2. The fraction of sp³-hybridized carbons (Fsp3) is 0.462. The highest BCUT2D eigenvalue weighted by Crippen LogP contribution is 2.29. The van der Waals surface area contributed by atoms with Crippen molar-refractivity contribution in [3.05, 3.63) is 35.4 Å². The van der Waals surface area contributed by atoms with E-state index in [-0.39, 0.29) is 25.4 Å². The molecule has 1 aromatic carbocycles. The van der Waals surface area contributed by atoms with Crippen molar-refractivity contribution in [2.24, 2.45) is 0 Å². The van der Waals surface area contributed by atoms with Crippen LogP contribution in [0.25, 0.3) is 0 Å². The van der Waals surface area contributed by atoms with E-state index in [1.54, 1.807) is 6.92 Å². The molecule has 1 aromatic rings. The minimum absolute atomic E-state index is 0.0498. The Morgan fingerprint density at radius 1 is 1.32 bits per heavy atom. The van der Waals surface area contributed by atoms with Gasteiger partial charge < -0.3 is 10.0 Å². The second-order valence-corrected chi connectivity index (χ2v) is 5.12. The molecule has 0 radical (unpaired) electrons. The molecule has 0 unspecified atom stereocenters. The molecule has 1 N–H and O–H groups in total. The van der Waals surface area contributed by atoms with Gasteiger partial charge in [0.1, 0.15) is 0 Å². The van der Waals surface area contributed by atoms with Crippen molar-refractivity contribution in [2.45, 2.75) is 25.1 Å². The Morgan fingerprint density at radius 3 is 2.26 bits per heavy atom. The molecular formula is C13H14F3NO2. The third-order valence-electron chi connectivity index (χ3n) is 3.05. The van der Waals surface area contributed by atoms with Gasteiger partial charge in [-0.15, -0.1) is 0 Å². The van der Waals surface area contributed by atoms with Crippen molar-refractivity contribution < 1.29 is 23.1 Å². The van der Waals surface area contributed by atoms with Crippen LogP contribution in [0.4, 0.5) is 13.2 Å². The van der Waals surface area contributed by atoms with E-state index in [4.69, 9.17) is 0 Å². The number of carbonyl (C=O) groups excluding carboxylic acids is 1. The van der Waals surface area contributed by atoms with Crippen molar-refractivity contribution >= 4 is 5.91 Å². The molecule has 1 heterocycles. The number of amides is 1. The van der Waals surface area contributed by atoms with Gasteiger partial charge in [-0.1, -0.05) is 12.1 Å². The molecule has 0 aromatic heterocycles. The molecule has 0 aliphatic carbocycles. The van der Waals surface area contributed by atoms with Gasteiger partial charge in [0.25, 0.3) is 0 Å². The lowest BCUT2D eigenvalue weighted by Crippen LogP contribution is -2.62. The average molecular weight is 273 g/mol. The van der Waals surface area contributed by atoms with Crippen LogP contribution in [0.15, 0.2) is 24.3 Å². The van der Waals surface area contributed by atoms with Crippen LogP contribution in [0.3, 0.4) is 0 Å². The molecule has 104 valence electrons. The molecule has 3 nitrogen and oxygen atoms in total. The lowest BCUT2D eigenvalue weighted by Gasteiger charge is -2.44. The van der Waals surface area contributed by atoms with Crippen molar-refractivity contribution in [3.63, 3.8) is 0 Å². The highest BCUT2D eigenvalue weighted by molar-refractivity contribution is 5.79. The van der Waals surface area contributed by atoms with Crippen LogP contribution in [0.2, 0.25) is 0 Å². The Labute approximate surface area is 108 Å². The van der Waals surface area contributed by atoms with Crippen molar-refractivity contribution in [2.75, 3.05) is 13.1 Å². The maximum absolute atomic E-state index is 12.4. The van der Waals surface area contributed by atoms with Gasteiger partial charge >= 0.3 is 6.18 Å². The van der Waals surface area contributed by atoms with Gasteiger partial charge in [0, 0.05) is 0 Å². The van der Waals surface area contributed by atoms with E-state index in [0.29, 0.717) is 5.56 Å². The highest BCUT2D eigenvalue weighted by Gasteiger charge is 2.39. The van der Waals surface area contributed by atoms with Gasteiger partial charge in [-0.2, -0.15) is 13.2 Å². The van der Waals surface area contributed by atoms with Crippen LogP contribution < -0.4 is 0 Å². The minimum atomic E-state index is -4.36. The molecule has 0 bridgehead atoms. The molecule has 1 aliphatic rings. The van der Waals surface area contributed by atoms with E-state index in [0.717, 1.165) is 12.1 Å². The molecule has 0 saturated carbocycles. The molecule has 1 fully saturated rings. The van der Waals surface area contributed by atoms with E-state index in [1.807, 2.05) is 0 Å². The first kappa shape index (κ1) is 13.9. The van der Waals surface area contributed by atoms with Crippen molar-refractivity contribution in [3.8, 4) is 0 Å². The molecule has 2 rings (SSSR count). The number of hydrogen-bond donors (Lipinski definition) is 1. The van der Waals surface area contributed by atoms with Crippen LogP contribution in [0, 0.1) is 0 Å². The molecule has 19 heavy (non-hydrogen) atoms. The Hall–Kier alpha value is -1.56. The Kier molecular flexibility index (Phi) is 3.30. The van der Waals surface area contributed by atoms with Crippen molar-refractivity contribution in [1.82, 2.24) is 4.90 Å². The van der Waals surface area contributed by atoms with E-state index >= 15 is 0 Å². The number of carbonyl (C=O) groups is 1. The maximum atomic E-state index is 12.4. The standard InChI is InChI=1S/C13H14F3NO2/c1-12(19)7-17(8-12)11(18)6-9-2-4-10(5-3-9)13(14,15)16/h2-5,19H,6-8H2,1H3. The largest absolute Gasteiger partial charge is 0.416 e. The highest BCUT2D eigenvalue weighted by atomic mass is 19.4. The first-order chi connectivity index (χ1) is 8.67. The first-order valence-corrected chi connectivity index (χ1v) is 5.84. The number of likely N-dealkylation sites (tertiary alicyclic amines) is 1. The number of hydrogen-bond acceptors (Lipinski definition) is 2. The monoisotopic (exact) mass is 273 g/mol. The quantitative estimate of drug-likeness (QED) is 0.893. The molecule has 0 atom stereocenters. The number of nitrogens with zero attached hydrogens (tertiary/aromatic N) is 1. The van der Waals surface area contributed by atoms with E-state index in [1.165, 1.54) is 17.0 Å². The van der Waals surface area contributed by atoms with Gasteiger partial charge in [0.2, 0.25) is 5.91 Å². The Balaban J connectivity index is 1.95. The summed E-state index contributed by atoms with van der Waals surface area (Å²) in [5.41, 5.74) is -1.03. The number of β-amino-alcohol motifs (C(OH)–C–C–N with tert-alkyl or cyclic N) is 1. The second-order valence-electron chi connectivity index (χ2n) is 5.12. The van der Waals surface area contributed by atoms with Gasteiger partial charge in [-0.25, -0.2) is 0 Å². The summed E-state index contributed by atoms with van der Waals surface area (Å²) >= 11 is 0. The molecule has 0 spiro atoms. The lowest BCUT2D eigenvalue weighted by atomic mass is 9.96. The molecule has 1 aliphatic heterocycles. The summed E-state index contributed by atoms with van der Waals surface area (Å²) < 4.78 is 37.1. The van der Waals surface area contributed by atoms with Crippen molar-refractivity contribution in [1.29, 1.82) is 0 Å². The van der Waals surface area contributed by atoms with Gasteiger partial charge in [-0.3, -0.25) is 4.79 Å². The number of benzene rings is 1. The summed E-state index contributed by atoms with van der Waals surface area (Å²) in [7, 11) is 0. The van der Waals surface area contributed by atoms with Crippen LogP contribution in [0.5, 0.6) is 0 Å². The summed E-state index contributed by atoms with van der Waals surface area (Å²) in [6.45, 7) is 2.17. The van der Waals surface area contributed by atoms with E-state index in [2.05, 4.69) is 0 Å². The second kappa shape index (κ2) is 4.52. The number of rotatable bonds is 2. The van der Waals surface area contributed by atoms with Crippen LogP contribution in [-0.4, -0.2) is 34.6 Å². The molecule has 6 heteroatoms. The normalized spacial score (nSPS) is 18.1. The maximum Gasteiger partial charge on any atom is 0.416 e. The lowest BCUT2D eigenvalue weighted by molar-refractivity contribution is -0.151. The molecular weight excluding hydrogens is 259 g/mol. The predicted octanol–water partition coefficient (Wildman–Crippen LogP) is 1.84. The third kappa shape index (κ3) is 3.26. The number of halogens is 3.